The molecule has 5 atom stereocenters. The molecular weight excluding hydrogens is 1140 g/mol. The maximum Gasteiger partial charge on any atom is 0.399 e. The van der Waals surface area contributed by atoms with Crippen LogP contribution in [0.2, 0.25) is 0 Å². The van der Waals surface area contributed by atoms with Gasteiger partial charge in [0.05, 0.1) is 48.7 Å². The number of nitrogens with zero attached hydrogens (tertiary/aromatic N) is 4. The van der Waals surface area contributed by atoms with Gasteiger partial charge in [0, 0.05) is 58.1 Å². The number of aromatic nitrogens is 2. The number of fused-ring (bicyclic) bond motifs is 1. The van der Waals surface area contributed by atoms with Crippen molar-refractivity contribution in [3.05, 3.63) is 140 Å². The van der Waals surface area contributed by atoms with Crippen molar-refractivity contribution in [2.75, 3.05) is 44.9 Å². The number of halogens is 2. The number of nitrogens with one attached hydrogen (secondary N) is 3. The average Bonchev–Trinajstić information content (AvgIpc) is 1.89. The number of amides is 7. The number of anilines is 1. The smallest absolute Gasteiger partial charge is 0.379 e. The molecule has 3 aliphatic rings. The van der Waals surface area contributed by atoms with Gasteiger partial charge in [-0.2, -0.15) is 8.78 Å². The fraction of sp³-hybridized carbons (Fsp3) is 0.443. The van der Waals surface area contributed by atoms with Gasteiger partial charge in [0.15, 0.2) is 0 Å². The normalized spacial score (nSPS) is 18.0. The lowest BCUT2D eigenvalue weighted by Crippen LogP contribution is -2.56. The highest BCUT2D eigenvalue weighted by Crippen LogP contribution is 2.59. The van der Waals surface area contributed by atoms with E-state index in [1.165, 1.54) is 46.2 Å². The van der Waals surface area contributed by atoms with Gasteiger partial charge in [-0.3, -0.25) is 57.1 Å². The number of alkyl halides is 2. The number of primary amides is 1. The van der Waals surface area contributed by atoms with Crippen LogP contribution in [0.3, 0.4) is 0 Å². The molecule has 1 aromatic heterocycles. The molecule has 0 radical (unpaired) electrons. The number of hydrogen-bond acceptors (Lipinski definition) is 12. The number of carbonyl (C=O) groups is 7. The highest BCUT2D eigenvalue weighted by molar-refractivity contribution is 7.52. The molecule has 0 saturated carbocycles. The summed E-state index contributed by atoms with van der Waals surface area (Å²) in [5, 5.41) is 8.65. The molecule has 1 fully saturated rings. The third-order valence-corrected chi connectivity index (χ3v) is 17.0. The zero-order chi connectivity index (χ0) is 62.0. The van der Waals surface area contributed by atoms with Crippen LogP contribution in [0.1, 0.15) is 104 Å². The lowest BCUT2D eigenvalue weighted by Gasteiger charge is -2.31. The van der Waals surface area contributed by atoms with Gasteiger partial charge >= 0.3 is 18.9 Å². The Labute approximate surface area is 495 Å². The number of imide groups is 1. The molecule has 4 heterocycles. The van der Waals surface area contributed by atoms with E-state index in [-0.39, 0.29) is 81.8 Å². The van der Waals surface area contributed by atoms with E-state index < -0.39 is 72.7 Å². The summed E-state index contributed by atoms with van der Waals surface area (Å²) >= 11 is 0. The fourth-order valence-corrected chi connectivity index (χ4v) is 11.5. The highest BCUT2D eigenvalue weighted by Gasteiger charge is 2.50. The molecular formula is C61H73F2N8O14P. The Morgan fingerprint density at radius 1 is 0.837 bits per heavy atom. The molecule has 86 heavy (non-hydrogen) atoms. The standard InChI is InChI=1S/C61H73F2N8O14P/c1-37(42-17-20-45(21-18-42)61(62,63)86(80,81)82)32-53(73)66-47-22-19-43-10-5-11-44-34-51(71(56(43)44)58(47)77)57(76)67-46(23-26-52(64)72)38(2)85-35-41-14-12-39(13-15-41)8-6-28-65-54(74)36-84-31-30-83-29-7-9-40-16-24-48-50(33-40)68(3)60(79)70(48)49-25-27-55(75)69(4)59(49)78/h5,10-18,20-21,24,32-33,38,46-47,49,51H,6-9,19,22-23,25-31,34-36H2,1-4H3,(H2,64,72)(H,65,74)(H,66,73)(H,67,76)(H2,80,81,82)/b37-32+/t38-,46+,47+,49?,51+/m1/s1. The maximum absolute atomic E-state index is 14.4. The van der Waals surface area contributed by atoms with E-state index in [9.17, 15) is 51.7 Å². The molecule has 460 valence electrons. The van der Waals surface area contributed by atoms with Crippen molar-refractivity contribution >= 4 is 71.2 Å². The molecule has 8 rings (SSSR count). The van der Waals surface area contributed by atoms with Crippen LogP contribution in [-0.2, 0) is 97.3 Å². The first-order chi connectivity index (χ1) is 40.9. The SMILES string of the molecule is C/C(=C\C(=O)N[C@H]1CCc2cccc3c2N(C1=O)[C@H](C(=O)N[C@@H](CCC(N)=O)[C@@H](C)OCc1ccc(CCCNC(=O)COCCOCCCc2ccc4c(c2)n(C)c(=O)n4C2CCC(=O)N(C)C2=O)cc1)C3)c1ccc(C(F)(F)P(=O)(O)O)cc1. The number of likely N-dealkylation sites (tertiary alicyclic amines) is 1. The zero-order valence-electron chi connectivity index (χ0n) is 48.4. The van der Waals surface area contributed by atoms with Crippen LogP contribution in [0, 0.1) is 0 Å². The number of allylic oxidation sites excluding steroid dienone is 1. The number of carbonyl (C=O) groups excluding carboxylic acids is 7. The van der Waals surface area contributed by atoms with Gasteiger partial charge in [0.1, 0.15) is 24.7 Å². The van der Waals surface area contributed by atoms with E-state index in [4.69, 9.17) is 29.7 Å². The first kappa shape index (κ1) is 64.3. The van der Waals surface area contributed by atoms with Gasteiger partial charge in [0.25, 0.3) is 5.91 Å². The quantitative estimate of drug-likeness (QED) is 0.0171. The average molecular weight is 1210 g/mol. The number of ether oxygens (including phenoxy) is 3. The molecule has 5 aromatic rings. The lowest BCUT2D eigenvalue weighted by molar-refractivity contribution is -0.149. The number of aryl methyl sites for hydroxylation is 4. The number of benzene rings is 4. The van der Waals surface area contributed by atoms with Crippen LogP contribution in [-0.4, -0.2) is 129 Å². The summed E-state index contributed by atoms with van der Waals surface area (Å²) in [7, 11) is -2.68. The van der Waals surface area contributed by atoms with Crippen LogP contribution in [0.5, 0.6) is 0 Å². The minimum absolute atomic E-state index is 0.0530. The van der Waals surface area contributed by atoms with Crippen LogP contribution in [0.25, 0.3) is 16.6 Å². The zero-order valence-corrected chi connectivity index (χ0v) is 49.3. The summed E-state index contributed by atoms with van der Waals surface area (Å²) in [6.45, 7) is 4.84. The van der Waals surface area contributed by atoms with E-state index in [1.54, 1.807) is 14.0 Å². The molecule has 7 N–H and O–H groups in total. The third-order valence-electron chi connectivity index (χ3n) is 16.0. The Hall–Kier alpha value is -7.73. The monoisotopic (exact) mass is 1210 g/mol. The Morgan fingerprint density at radius 3 is 2.24 bits per heavy atom. The number of likely N-dealkylation sites (N-methyl/N-ethyl adjacent to an activating group) is 1. The molecule has 0 spiro atoms. The Balaban J connectivity index is 0.741. The molecule has 7 amide bonds. The maximum atomic E-state index is 14.4. The van der Waals surface area contributed by atoms with Gasteiger partial charge in [-0.25, -0.2) is 4.79 Å². The van der Waals surface area contributed by atoms with Crippen molar-refractivity contribution in [1.29, 1.82) is 0 Å². The number of rotatable bonds is 28. The van der Waals surface area contributed by atoms with Crippen molar-refractivity contribution in [1.82, 2.24) is 30.0 Å². The van der Waals surface area contributed by atoms with E-state index in [1.807, 2.05) is 60.7 Å². The first-order valence-electron chi connectivity index (χ1n) is 28.6. The van der Waals surface area contributed by atoms with Crippen LogP contribution >= 0.6 is 7.60 Å². The van der Waals surface area contributed by atoms with Gasteiger partial charge in [-0.15, -0.1) is 0 Å². The Bertz CT molecular complexity index is 3490. The highest BCUT2D eigenvalue weighted by atomic mass is 31.2. The predicted molar refractivity (Wildman–Crippen MR) is 313 cm³/mol. The second-order valence-electron chi connectivity index (χ2n) is 22.0. The van der Waals surface area contributed by atoms with E-state index >= 15 is 0 Å². The van der Waals surface area contributed by atoms with Crippen LogP contribution in [0.4, 0.5) is 14.5 Å². The topological polar surface area (TPSA) is 300 Å². The largest absolute Gasteiger partial charge is 0.399 e. The number of nitrogens with two attached hydrogens (primary N) is 1. The van der Waals surface area contributed by atoms with Gasteiger partial charge in [-0.05, 0) is 116 Å². The molecule has 25 heteroatoms. The van der Waals surface area contributed by atoms with Crippen LogP contribution in [0.15, 0.2) is 95.8 Å². The van der Waals surface area contributed by atoms with Gasteiger partial charge in [0.2, 0.25) is 35.4 Å². The molecule has 3 aliphatic heterocycles. The number of hydrogen-bond donors (Lipinski definition) is 6. The molecule has 22 nitrogen and oxygen atoms in total. The summed E-state index contributed by atoms with van der Waals surface area (Å²) in [5.74, 6) is -3.13. The van der Waals surface area contributed by atoms with Crippen molar-refractivity contribution in [2.24, 2.45) is 12.8 Å². The van der Waals surface area contributed by atoms with Crippen LogP contribution < -0.4 is 32.3 Å². The molecule has 0 aliphatic carbocycles. The molecule has 4 aromatic carbocycles. The minimum atomic E-state index is -5.79. The van der Waals surface area contributed by atoms with E-state index in [0.29, 0.717) is 79.7 Å². The third kappa shape index (κ3) is 15.3. The molecule has 1 saturated heterocycles. The Kier molecular flexibility index (Phi) is 21.1. The molecule has 0 bridgehead atoms. The van der Waals surface area contributed by atoms with E-state index in [2.05, 4.69) is 16.0 Å². The van der Waals surface area contributed by atoms with Crippen molar-refractivity contribution in [3.63, 3.8) is 0 Å². The van der Waals surface area contributed by atoms with Crippen molar-refractivity contribution in [2.45, 2.75) is 127 Å². The number of para-hydroxylation sites is 1. The summed E-state index contributed by atoms with van der Waals surface area (Å²) < 4.78 is 60.4. The fourth-order valence-electron chi connectivity index (χ4n) is 11.1. The summed E-state index contributed by atoms with van der Waals surface area (Å²) in [4.78, 5) is 125. The Morgan fingerprint density at radius 2 is 1.52 bits per heavy atom. The number of imidazole rings is 1. The van der Waals surface area contributed by atoms with E-state index in [0.717, 1.165) is 44.8 Å². The first-order valence-corrected chi connectivity index (χ1v) is 30.2. The number of piperidine rings is 1. The molecule has 1 unspecified atom stereocenters. The van der Waals surface area contributed by atoms with Crippen molar-refractivity contribution in [3.8, 4) is 0 Å². The predicted octanol–water partition coefficient (Wildman–Crippen LogP) is 4.75. The van der Waals surface area contributed by atoms with Gasteiger partial charge < -0.3 is 45.7 Å². The summed E-state index contributed by atoms with van der Waals surface area (Å²) in [5.41, 5.74) is 7.01. The van der Waals surface area contributed by atoms with Gasteiger partial charge in [-0.1, -0.05) is 72.8 Å². The second-order valence-corrected chi connectivity index (χ2v) is 23.6. The van der Waals surface area contributed by atoms with Crippen molar-refractivity contribution < 1.29 is 70.9 Å². The lowest BCUT2D eigenvalue weighted by atomic mass is 10.0. The second kappa shape index (κ2) is 28.2. The summed E-state index contributed by atoms with van der Waals surface area (Å²) in [6.07, 6.45) is 4.72. The minimum Gasteiger partial charge on any atom is -0.379 e. The summed E-state index contributed by atoms with van der Waals surface area (Å²) in [6, 6.07) is 19.7.